The van der Waals surface area contributed by atoms with Gasteiger partial charge in [0.15, 0.2) is 0 Å². The molecule has 0 spiro atoms. The highest BCUT2D eigenvalue weighted by Crippen LogP contribution is 2.06. The van der Waals surface area contributed by atoms with Crippen LogP contribution in [0.3, 0.4) is 0 Å². The Balaban J connectivity index is 2.42. The first-order valence-electron chi connectivity index (χ1n) is 5.01. The largest absolute Gasteiger partial charge is 0.380 e. The van der Waals surface area contributed by atoms with Crippen LogP contribution in [0.15, 0.2) is 12.4 Å². The summed E-state index contributed by atoms with van der Waals surface area (Å²) in [5, 5.41) is 7.58. The summed E-state index contributed by atoms with van der Waals surface area (Å²) < 4.78 is 1.96. The normalized spacial score (nSPS) is 11.3. The molecule has 4 heteroatoms. The molecular weight excluding hydrogens is 176 g/mol. The van der Waals surface area contributed by atoms with E-state index in [1.165, 1.54) is 0 Å². The van der Waals surface area contributed by atoms with Crippen LogP contribution in [-0.4, -0.2) is 41.4 Å². The topological polar surface area (TPSA) is 33.1 Å². The van der Waals surface area contributed by atoms with Crippen LogP contribution in [0.25, 0.3) is 0 Å². The number of aromatic nitrogens is 2. The lowest BCUT2D eigenvalue weighted by Crippen LogP contribution is -2.18. The van der Waals surface area contributed by atoms with E-state index in [4.69, 9.17) is 0 Å². The molecule has 0 aliphatic heterocycles. The summed E-state index contributed by atoms with van der Waals surface area (Å²) in [4.78, 5) is 2.15. The van der Waals surface area contributed by atoms with Crippen molar-refractivity contribution in [1.82, 2.24) is 14.7 Å². The number of hydrogen-bond donors (Lipinski definition) is 1. The van der Waals surface area contributed by atoms with Gasteiger partial charge in [0, 0.05) is 18.8 Å². The Morgan fingerprint density at radius 2 is 2.21 bits per heavy atom. The van der Waals surface area contributed by atoms with Crippen molar-refractivity contribution >= 4 is 5.69 Å². The van der Waals surface area contributed by atoms with E-state index >= 15 is 0 Å². The molecule has 0 saturated carbocycles. The molecule has 0 atom stereocenters. The lowest BCUT2D eigenvalue weighted by molar-refractivity contribution is 0.373. The van der Waals surface area contributed by atoms with E-state index in [9.17, 15) is 0 Å². The van der Waals surface area contributed by atoms with Gasteiger partial charge in [-0.05, 0) is 27.9 Å². The quantitative estimate of drug-likeness (QED) is 0.769. The van der Waals surface area contributed by atoms with Gasteiger partial charge in [0.1, 0.15) is 0 Å². The first-order chi connectivity index (χ1) is 6.58. The van der Waals surface area contributed by atoms with E-state index in [2.05, 4.69) is 43.3 Å². The molecule has 0 aromatic carbocycles. The van der Waals surface area contributed by atoms with Crippen LogP contribution in [0.5, 0.6) is 0 Å². The molecular formula is C10H20N4. The first kappa shape index (κ1) is 11.0. The van der Waals surface area contributed by atoms with Gasteiger partial charge in [-0.2, -0.15) is 5.10 Å². The molecule has 14 heavy (non-hydrogen) atoms. The number of anilines is 1. The third kappa shape index (κ3) is 3.79. The van der Waals surface area contributed by atoms with E-state index in [1.807, 2.05) is 17.1 Å². The van der Waals surface area contributed by atoms with Crippen molar-refractivity contribution in [3.05, 3.63) is 12.4 Å². The fourth-order valence-electron chi connectivity index (χ4n) is 1.20. The van der Waals surface area contributed by atoms with Crippen molar-refractivity contribution in [3.63, 3.8) is 0 Å². The molecule has 0 aliphatic carbocycles. The molecule has 0 amide bonds. The number of likely N-dealkylation sites (N-methyl/N-ethyl adjacent to an activating group) is 1. The highest BCUT2D eigenvalue weighted by atomic mass is 15.3. The molecule has 1 heterocycles. The van der Waals surface area contributed by atoms with Gasteiger partial charge in [0.25, 0.3) is 0 Å². The average molecular weight is 196 g/mol. The van der Waals surface area contributed by atoms with Crippen LogP contribution >= 0.6 is 0 Å². The SMILES string of the molecule is CC(C)Nc1cnn(CCN(C)C)c1. The number of hydrogen-bond acceptors (Lipinski definition) is 3. The summed E-state index contributed by atoms with van der Waals surface area (Å²) in [6, 6.07) is 0.460. The fraction of sp³-hybridized carbons (Fsp3) is 0.700. The van der Waals surface area contributed by atoms with E-state index < -0.39 is 0 Å². The van der Waals surface area contributed by atoms with E-state index in [0.717, 1.165) is 18.8 Å². The Morgan fingerprint density at radius 3 is 2.79 bits per heavy atom. The molecule has 0 bridgehead atoms. The van der Waals surface area contributed by atoms with Gasteiger partial charge in [0.05, 0.1) is 18.4 Å². The summed E-state index contributed by atoms with van der Waals surface area (Å²) in [6.07, 6.45) is 3.92. The Kier molecular flexibility index (Phi) is 3.95. The van der Waals surface area contributed by atoms with E-state index in [1.54, 1.807) is 0 Å². The summed E-state index contributed by atoms with van der Waals surface area (Å²) in [6.45, 7) is 6.20. The predicted octanol–water partition coefficient (Wildman–Crippen LogP) is 1.26. The second-order valence-electron chi connectivity index (χ2n) is 4.09. The van der Waals surface area contributed by atoms with Gasteiger partial charge in [-0.3, -0.25) is 4.68 Å². The van der Waals surface area contributed by atoms with Gasteiger partial charge in [-0.25, -0.2) is 0 Å². The lowest BCUT2D eigenvalue weighted by Gasteiger charge is -2.09. The smallest absolute Gasteiger partial charge is 0.0728 e. The van der Waals surface area contributed by atoms with Crippen molar-refractivity contribution in [2.75, 3.05) is 26.0 Å². The van der Waals surface area contributed by atoms with Crippen LogP contribution in [0.1, 0.15) is 13.8 Å². The maximum absolute atomic E-state index is 4.27. The molecule has 0 radical (unpaired) electrons. The maximum Gasteiger partial charge on any atom is 0.0728 e. The summed E-state index contributed by atoms with van der Waals surface area (Å²) in [7, 11) is 4.13. The molecule has 0 saturated heterocycles. The molecule has 0 aliphatic rings. The van der Waals surface area contributed by atoms with Crippen molar-refractivity contribution in [1.29, 1.82) is 0 Å². The van der Waals surface area contributed by atoms with E-state index in [-0.39, 0.29) is 0 Å². The second kappa shape index (κ2) is 5.00. The van der Waals surface area contributed by atoms with Crippen molar-refractivity contribution in [3.8, 4) is 0 Å². The molecule has 0 fully saturated rings. The summed E-state index contributed by atoms with van der Waals surface area (Å²) in [5.74, 6) is 0. The van der Waals surface area contributed by atoms with Crippen molar-refractivity contribution in [2.45, 2.75) is 26.4 Å². The highest BCUT2D eigenvalue weighted by Gasteiger charge is 1.99. The zero-order chi connectivity index (χ0) is 10.6. The Hall–Kier alpha value is -1.03. The molecule has 1 aromatic heterocycles. The maximum atomic E-state index is 4.27. The number of nitrogens with zero attached hydrogens (tertiary/aromatic N) is 3. The standard InChI is InChI=1S/C10H20N4/c1-9(2)12-10-7-11-14(8-10)6-5-13(3)4/h7-9,12H,5-6H2,1-4H3. The van der Waals surface area contributed by atoms with Gasteiger partial charge in [-0.1, -0.05) is 0 Å². The van der Waals surface area contributed by atoms with Gasteiger partial charge >= 0.3 is 0 Å². The van der Waals surface area contributed by atoms with Gasteiger partial charge < -0.3 is 10.2 Å². The third-order valence-electron chi connectivity index (χ3n) is 1.86. The summed E-state index contributed by atoms with van der Waals surface area (Å²) in [5.41, 5.74) is 1.10. The zero-order valence-electron chi connectivity index (χ0n) is 9.49. The van der Waals surface area contributed by atoms with Gasteiger partial charge in [-0.15, -0.1) is 0 Å². The lowest BCUT2D eigenvalue weighted by atomic mass is 10.4. The molecule has 1 aromatic rings. The van der Waals surface area contributed by atoms with Crippen molar-refractivity contribution < 1.29 is 0 Å². The van der Waals surface area contributed by atoms with Crippen LogP contribution in [0.4, 0.5) is 5.69 Å². The Labute approximate surface area is 85.9 Å². The molecule has 0 unspecified atom stereocenters. The zero-order valence-corrected chi connectivity index (χ0v) is 9.49. The average Bonchev–Trinajstić information content (AvgIpc) is 2.47. The minimum Gasteiger partial charge on any atom is -0.380 e. The minimum atomic E-state index is 0.460. The second-order valence-corrected chi connectivity index (χ2v) is 4.09. The van der Waals surface area contributed by atoms with Crippen LogP contribution in [-0.2, 0) is 6.54 Å². The third-order valence-corrected chi connectivity index (χ3v) is 1.86. The minimum absolute atomic E-state index is 0.460. The monoisotopic (exact) mass is 196 g/mol. The predicted molar refractivity (Wildman–Crippen MR) is 59.5 cm³/mol. The molecule has 1 N–H and O–H groups in total. The first-order valence-corrected chi connectivity index (χ1v) is 5.01. The van der Waals surface area contributed by atoms with E-state index in [0.29, 0.717) is 6.04 Å². The van der Waals surface area contributed by atoms with Crippen LogP contribution in [0.2, 0.25) is 0 Å². The Bertz CT molecular complexity index is 265. The van der Waals surface area contributed by atoms with Gasteiger partial charge in [0.2, 0.25) is 0 Å². The molecule has 4 nitrogen and oxygen atoms in total. The Morgan fingerprint density at radius 1 is 1.50 bits per heavy atom. The number of nitrogens with one attached hydrogen (secondary N) is 1. The number of rotatable bonds is 5. The van der Waals surface area contributed by atoms with Crippen LogP contribution < -0.4 is 5.32 Å². The highest BCUT2D eigenvalue weighted by molar-refractivity contribution is 5.38. The van der Waals surface area contributed by atoms with Crippen LogP contribution in [0, 0.1) is 0 Å². The van der Waals surface area contributed by atoms with Crippen molar-refractivity contribution in [2.24, 2.45) is 0 Å². The molecule has 1 rings (SSSR count). The molecule has 80 valence electrons. The summed E-state index contributed by atoms with van der Waals surface area (Å²) >= 11 is 0. The fourth-order valence-corrected chi connectivity index (χ4v) is 1.20.